The number of hydrogen-bond acceptors (Lipinski definition) is 4. The van der Waals surface area contributed by atoms with Gasteiger partial charge in [0.05, 0.1) is 9.95 Å². The monoisotopic (exact) mass is 270 g/mol. The molecule has 0 bridgehead atoms. The summed E-state index contributed by atoms with van der Waals surface area (Å²) in [4.78, 5) is 23.5. The van der Waals surface area contributed by atoms with Crippen molar-refractivity contribution in [2.24, 2.45) is 0 Å². The van der Waals surface area contributed by atoms with Crippen molar-refractivity contribution in [1.82, 2.24) is 4.98 Å². The molecule has 0 fully saturated rings. The van der Waals surface area contributed by atoms with Gasteiger partial charge in [-0.3, -0.25) is 14.9 Å². The van der Waals surface area contributed by atoms with Crippen molar-refractivity contribution in [3.63, 3.8) is 0 Å². The van der Waals surface area contributed by atoms with Crippen LogP contribution < -0.4 is 0 Å². The molecule has 1 rings (SSSR count). The zero-order valence-corrected chi connectivity index (χ0v) is 8.80. The molecule has 16 heavy (non-hydrogen) atoms. The zero-order chi connectivity index (χ0) is 12.5. The predicted octanol–water partition coefficient (Wildman–Crippen LogP) is 2.96. The van der Waals surface area contributed by atoms with E-state index in [2.05, 4.69) is 4.98 Å². The Kier molecular flexibility index (Phi) is 3.71. The average molecular weight is 271 g/mol. The number of carbonyl (C=O) groups excluding carboxylic acids is 1. The average Bonchev–Trinajstić information content (AvgIpc) is 2.15. The molecule has 86 valence electrons. The smallest absolute Gasteiger partial charge is 0.275 e. The van der Waals surface area contributed by atoms with Crippen molar-refractivity contribution in [3.05, 3.63) is 32.6 Å². The van der Waals surface area contributed by atoms with Gasteiger partial charge in [0.1, 0.15) is 17.5 Å². The molecule has 0 saturated carbocycles. The Labute approximate surface area is 97.1 Å². The van der Waals surface area contributed by atoms with E-state index < -0.39 is 38.6 Å². The summed E-state index contributed by atoms with van der Waals surface area (Å²) in [6, 6.07) is 0. The summed E-state index contributed by atoms with van der Waals surface area (Å²) >= 11 is 10.4. The maximum Gasteiger partial charge on any atom is 0.301 e. The van der Waals surface area contributed by atoms with E-state index in [-0.39, 0.29) is 0 Å². The fourth-order valence-electron chi connectivity index (χ4n) is 0.970. The SMILES string of the molecule is O=C(Cl)c1c([N+](=O)[O-])cnc(C(F)F)c1Cl. The predicted molar refractivity (Wildman–Crippen MR) is 51.0 cm³/mol. The van der Waals surface area contributed by atoms with Gasteiger partial charge < -0.3 is 0 Å². The molecule has 0 spiro atoms. The van der Waals surface area contributed by atoms with Crippen LogP contribution in [0.5, 0.6) is 0 Å². The number of aromatic nitrogens is 1. The van der Waals surface area contributed by atoms with Gasteiger partial charge in [-0.1, -0.05) is 11.6 Å². The van der Waals surface area contributed by atoms with Crippen LogP contribution >= 0.6 is 23.2 Å². The maximum absolute atomic E-state index is 12.3. The summed E-state index contributed by atoms with van der Waals surface area (Å²) in [5.41, 5.74) is -2.51. The highest BCUT2D eigenvalue weighted by atomic mass is 35.5. The molecule has 0 N–H and O–H groups in total. The topological polar surface area (TPSA) is 73.1 Å². The number of nitro groups is 1. The molecule has 5 nitrogen and oxygen atoms in total. The third-order valence-electron chi connectivity index (χ3n) is 1.63. The van der Waals surface area contributed by atoms with Crippen LogP contribution in [0.3, 0.4) is 0 Å². The molecule has 1 aromatic rings. The third kappa shape index (κ3) is 2.25. The summed E-state index contributed by atoms with van der Waals surface area (Å²) < 4.78 is 24.7. The summed E-state index contributed by atoms with van der Waals surface area (Å²) in [5.74, 6) is 0. The Bertz CT molecular complexity index is 467. The lowest BCUT2D eigenvalue weighted by molar-refractivity contribution is -0.385. The van der Waals surface area contributed by atoms with E-state index in [0.29, 0.717) is 6.20 Å². The minimum Gasteiger partial charge on any atom is -0.275 e. The van der Waals surface area contributed by atoms with Crippen LogP contribution in [-0.4, -0.2) is 15.1 Å². The Morgan fingerprint density at radius 1 is 1.56 bits per heavy atom. The highest BCUT2D eigenvalue weighted by molar-refractivity contribution is 6.69. The van der Waals surface area contributed by atoms with Gasteiger partial charge in [-0.05, 0) is 11.6 Å². The molecule has 0 aromatic carbocycles. The molecule has 9 heteroatoms. The fraction of sp³-hybridized carbons (Fsp3) is 0.143. The molecular formula is C7H2Cl2F2N2O3. The highest BCUT2D eigenvalue weighted by Crippen LogP contribution is 2.33. The van der Waals surface area contributed by atoms with E-state index in [1.54, 1.807) is 0 Å². The number of rotatable bonds is 3. The largest absolute Gasteiger partial charge is 0.301 e. The molecule has 0 radical (unpaired) electrons. The second kappa shape index (κ2) is 4.67. The second-order valence-electron chi connectivity index (χ2n) is 2.55. The zero-order valence-electron chi connectivity index (χ0n) is 7.29. The minimum atomic E-state index is -3.05. The summed E-state index contributed by atoms with van der Waals surface area (Å²) in [6.45, 7) is 0. The third-order valence-corrected chi connectivity index (χ3v) is 2.20. The molecule has 0 aliphatic carbocycles. The van der Waals surface area contributed by atoms with Gasteiger partial charge in [-0.15, -0.1) is 0 Å². The van der Waals surface area contributed by atoms with Gasteiger partial charge >= 0.3 is 5.69 Å². The van der Waals surface area contributed by atoms with Crippen molar-refractivity contribution < 1.29 is 18.5 Å². The first kappa shape index (κ1) is 12.7. The molecule has 0 unspecified atom stereocenters. The van der Waals surface area contributed by atoms with Crippen LogP contribution in [0.15, 0.2) is 6.20 Å². The maximum atomic E-state index is 12.3. The second-order valence-corrected chi connectivity index (χ2v) is 3.27. The van der Waals surface area contributed by atoms with Gasteiger partial charge in [0, 0.05) is 0 Å². The van der Waals surface area contributed by atoms with Crippen molar-refractivity contribution >= 4 is 34.1 Å². The lowest BCUT2D eigenvalue weighted by Gasteiger charge is -2.05. The molecule has 1 aromatic heterocycles. The molecular weight excluding hydrogens is 269 g/mol. The van der Waals surface area contributed by atoms with Gasteiger partial charge in [0.25, 0.3) is 11.7 Å². The van der Waals surface area contributed by atoms with Gasteiger partial charge in [0.2, 0.25) is 0 Å². The van der Waals surface area contributed by atoms with Crippen LogP contribution in [0.2, 0.25) is 5.02 Å². The Balaban J connectivity index is 3.54. The molecule has 1 heterocycles. The number of alkyl halides is 2. The lowest BCUT2D eigenvalue weighted by atomic mass is 10.2. The quantitative estimate of drug-likeness (QED) is 0.481. The highest BCUT2D eigenvalue weighted by Gasteiger charge is 2.28. The van der Waals surface area contributed by atoms with Gasteiger partial charge in [-0.25, -0.2) is 13.8 Å². The number of halogens is 4. The van der Waals surface area contributed by atoms with Crippen LogP contribution in [0.25, 0.3) is 0 Å². The van der Waals surface area contributed by atoms with Crippen LogP contribution in [0.1, 0.15) is 22.5 Å². The lowest BCUT2D eigenvalue weighted by Crippen LogP contribution is -2.04. The van der Waals surface area contributed by atoms with Crippen LogP contribution in [-0.2, 0) is 0 Å². The molecule has 0 atom stereocenters. The van der Waals surface area contributed by atoms with Gasteiger partial charge in [-0.2, -0.15) is 0 Å². The van der Waals surface area contributed by atoms with E-state index >= 15 is 0 Å². The summed E-state index contributed by atoms with van der Waals surface area (Å²) in [6.07, 6.45) is -2.54. The summed E-state index contributed by atoms with van der Waals surface area (Å²) in [5, 5.41) is 8.38. The van der Waals surface area contributed by atoms with Crippen molar-refractivity contribution in [2.45, 2.75) is 6.43 Å². The first-order valence-electron chi connectivity index (χ1n) is 3.67. The number of carbonyl (C=O) groups is 1. The molecule has 0 aliphatic rings. The van der Waals surface area contributed by atoms with E-state index in [1.807, 2.05) is 0 Å². The van der Waals surface area contributed by atoms with Crippen LogP contribution in [0.4, 0.5) is 14.5 Å². The van der Waals surface area contributed by atoms with Crippen molar-refractivity contribution in [2.75, 3.05) is 0 Å². The first-order valence-corrected chi connectivity index (χ1v) is 4.42. The van der Waals surface area contributed by atoms with E-state index in [4.69, 9.17) is 23.2 Å². The van der Waals surface area contributed by atoms with E-state index in [0.717, 1.165) is 0 Å². The molecule has 0 amide bonds. The Morgan fingerprint density at radius 2 is 2.12 bits per heavy atom. The number of hydrogen-bond donors (Lipinski definition) is 0. The first-order chi connectivity index (χ1) is 7.36. The molecule has 0 aliphatic heterocycles. The van der Waals surface area contributed by atoms with Crippen molar-refractivity contribution in [3.8, 4) is 0 Å². The van der Waals surface area contributed by atoms with E-state index in [9.17, 15) is 23.7 Å². The van der Waals surface area contributed by atoms with Crippen molar-refractivity contribution in [1.29, 1.82) is 0 Å². The number of nitrogens with zero attached hydrogens (tertiary/aromatic N) is 2. The van der Waals surface area contributed by atoms with E-state index in [1.165, 1.54) is 0 Å². The molecule has 0 saturated heterocycles. The Morgan fingerprint density at radius 3 is 2.50 bits per heavy atom. The summed E-state index contributed by atoms with van der Waals surface area (Å²) in [7, 11) is 0. The van der Waals surface area contributed by atoms with Gasteiger partial charge in [0.15, 0.2) is 0 Å². The minimum absolute atomic E-state index is 0.517. The number of pyridine rings is 1. The fourth-order valence-corrected chi connectivity index (χ4v) is 1.52. The van der Waals surface area contributed by atoms with Crippen LogP contribution in [0, 0.1) is 10.1 Å². The Hall–Kier alpha value is -1.34. The normalized spacial score (nSPS) is 10.6. The standard InChI is InChI=1S/C7H2Cl2F2N2O3/c8-4-3(6(9)14)2(13(15)16)1-12-5(4)7(10)11/h1,7H.